The van der Waals surface area contributed by atoms with Gasteiger partial charge in [0.1, 0.15) is 24.0 Å². The molecule has 3 aromatic rings. The largest absolute Gasteiger partial charge is 0.463 e. The van der Waals surface area contributed by atoms with Crippen LogP contribution in [0.5, 0.6) is 5.75 Å². The van der Waals surface area contributed by atoms with Gasteiger partial charge >= 0.3 is 29.5 Å². The molecule has 4 rings (SSSR count). The van der Waals surface area contributed by atoms with E-state index < -0.39 is 66.8 Å². The van der Waals surface area contributed by atoms with Crippen LogP contribution < -0.4 is 10.4 Å². The van der Waals surface area contributed by atoms with Crippen LogP contribution in [0.1, 0.15) is 27.7 Å². The molecule has 1 saturated heterocycles. The summed E-state index contributed by atoms with van der Waals surface area (Å²) in [6.45, 7) is 4.06. The number of benzene rings is 2. The molecular weight excluding hydrogens is 552 g/mol. The molecule has 0 spiro atoms. The van der Waals surface area contributed by atoms with Crippen LogP contribution in [0, 0.1) is 0 Å². The van der Waals surface area contributed by atoms with E-state index in [0.717, 1.165) is 27.7 Å². The Balaban J connectivity index is 1.78. The lowest BCUT2D eigenvalue weighted by Crippen LogP contribution is -2.63. The molecule has 13 heteroatoms. The van der Waals surface area contributed by atoms with Crippen molar-refractivity contribution in [2.75, 3.05) is 6.61 Å². The second kappa shape index (κ2) is 11.9. The van der Waals surface area contributed by atoms with E-state index in [9.17, 15) is 24.0 Å². The Bertz CT molecular complexity index is 1530. The Morgan fingerprint density at radius 1 is 0.800 bits per heavy atom. The van der Waals surface area contributed by atoms with Gasteiger partial charge in [-0.05, 0) is 17.5 Å². The number of carbonyl (C=O) groups is 4. The maximum absolute atomic E-state index is 12.5. The van der Waals surface area contributed by atoms with Crippen LogP contribution in [0.15, 0.2) is 45.6 Å². The van der Waals surface area contributed by atoms with E-state index in [-0.39, 0.29) is 16.4 Å². The summed E-state index contributed by atoms with van der Waals surface area (Å²) in [5, 5.41) is 1.59. The standard InChI is InChI=1S/C27H25ClO12/c1-12(29)34-11-22-23(35-13(2)30)24(36-14(3)31)25(37-15(4)32)27(40-22)39-21-10-20-18(9-19(21)28)16-7-5-6-8-17(16)26(33)38-20/h5-10,22-25,27H,11H2,1-4H3/t22-,23-,24+,25-,27+/m0/s1. The quantitative estimate of drug-likeness (QED) is 0.176. The maximum atomic E-state index is 12.5. The minimum absolute atomic E-state index is 0.0338. The SMILES string of the molecule is CC(=O)OC[C@@H]1O[C@@H](Oc2cc3oc(=O)c4ccccc4c3cc2Cl)[C@@H](OC(C)=O)[C@H](OC(C)=O)[C@H]1OC(C)=O. The average molecular weight is 577 g/mol. The van der Waals surface area contributed by atoms with E-state index in [1.165, 1.54) is 12.1 Å². The van der Waals surface area contributed by atoms with Crippen molar-refractivity contribution in [3.63, 3.8) is 0 Å². The van der Waals surface area contributed by atoms with Gasteiger partial charge < -0.3 is 32.8 Å². The van der Waals surface area contributed by atoms with Crippen molar-refractivity contribution in [1.82, 2.24) is 0 Å². The first kappa shape index (κ1) is 28.8. The van der Waals surface area contributed by atoms with Gasteiger partial charge in [-0.15, -0.1) is 0 Å². The van der Waals surface area contributed by atoms with Crippen LogP contribution in [0.25, 0.3) is 21.7 Å². The van der Waals surface area contributed by atoms with Crippen molar-refractivity contribution in [2.45, 2.75) is 58.4 Å². The molecule has 0 radical (unpaired) electrons. The molecule has 5 atom stereocenters. The highest BCUT2D eigenvalue weighted by molar-refractivity contribution is 6.33. The van der Waals surface area contributed by atoms with Crippen molar-refractivity contribution in [3.05, 3.63) is 51.8 Å². The summed E-state index contributed by atoms with van der Waals surface area (Å²) in [5.41, 5.74) is -0.433. The lowest BCUT2D eigenvalue weighted by Gasteiger charge is -2.43. The Morgan fingerprint density at radius 2 is 1.40 bits per heavy atom. The molecule has 0 amide bonds. The van der Waals surface area contributed by atoms with Crippen LogP contribution in [-0.4, -0.2) is 61.2 Å². The Labute approximate surface area is 231 Å². The number of esters is 4. The highest BCUT2D eigenvalue weighted by Gasteiger charge is 2.53. The third-order valence-electron chi connectivity index (χ3n) is 5.87. The lowest BCUT2D eigenvalue weighted by molar-refractivity contribution is -0.288. The Morgan fingerprint density at radius 3 is 2.02 bits per heavy atom. The van der Waals surface area contributed by atoms with Gasteiger partial charge in [0.15, 0.2) is 12.2 Å². The first-order valence-electron chi connectivity index (χ1n) is 12.1. The highest BCUT2D eigenvalue weighted by Crippen LogP contribution is 2.36. The van der Waals surface area contributed by atoms with E-state index in [4.69, 9.17) is 44.4 Å². The third-order valence-corrected chi connectivity index (χ3v) is 6.16. The summed E-state index contributed by atoms with van der Waals surface area (Å²) in [6.07, 6.45) is -6.96. The van der Waals surface area contributed by atoms with Gasteiger partial charge in [-0.2, -0.15) is 0 Å². The maximum Gasteiger partial charge on any atom is 0.344 e. The predicted molar refractivity (Wildman–Crippen MR) is 138 cm³/mol. The van der Waals surface area contributed by atoms with Crippen LogP contribution in [0.4, 0.5) is 0 Å². The molecule has 0 bridgehead atoms. The van der Waals surface area contributed by atoms with Crippen molar-refractivity contribution in [1.29, 1.82) is 0 Å². The van der Waals surface area contributed by atoms with Crippen LogP contribution >= 0.6 is 11.6 Å². The van der Waals surface area contributed by atoms with E-state index in [2.05, 4.69) is 0 Å². The minimum Gasteiger partial charge on any atom is -0.463 e. The molecule has 12 nitrogen and oxygen atoms in total. The van der Waals surface area contributed by atoms with Gasteiger partial charge in [-0.25, -0.2) is 4.79 Å². The van der Waals surface area contributed by atoms with Gasteiger partial charge in [0.2, 0.25) is 12.4 Å². The van der Waals surface area contributed by atoms with E-state index in [1.807, 2.05) is 0 Å². The molecule has 0 aliphatic carbocycles. The molecule has 0 saturated carbocycles. The Hall–Kier alpha value is -4.16. The van der Waals surface area contributed by atoms with E-state index in [0.29, 0.717) is 16.2 Å². The molecule has 40 heavy (non-hydrogen) atoms. The molecule has 1 aliphatic rings. The summed E-state index contributed by atoms with van der Waals surface area (Å²) < 4.78 is 38.6. The monoisotopic (exact) mass is 576 g/mol. The van der Waals surface area contributed by atoms with Gasteiger partial charge in [0.05, 0.1) is 10.4 Å². The second-order valence-corrected chi connectivity index (χ2v) is 9.31. The highest BCUT2D eigenvalue weighted by atomic mass is 35.5. The lowest BCUT2D eigenvalue weighted by atomic mass is 9.98. The number of fused-ring (bicyclic) bond motifs is 3. The summed E-state index contributed by atoms with van der Waals surface area (Å²) in [7, 11) is 0. The molecule has 212 valence electrons. The molecule has 1 aromatic heterocycles. The summed E-state index contributed by atoms with van der Waals surface area (Å²) in [4.78, 5) is 60.0. The number of halogens is 1. The van der Waals surface area contributed by atoms with Gasteiger partial charge in [-0.1, -0.05) is 29.8 Å². The fraction of sp³-hybridized carbons (Fsp3) is 0.370. The zero-order valence-corrected chi connectivity index (χ0v) is 22.6. The zero-order valence-electron chi connectivity index (χ0n) is 21.8. The molecular formula is C27H25ClO12. The third kappa shape index (κ3) is 6.35. The Kier molecular flexibility index (Phi) is 8.60. The smallest absolute Gasteiger partial charge is 0.344 e. The molecule has 1 fully saturated rings. The summed E-state index contributed by atoms with van der Waals surface area (Å²) >= 11 is 6.54. The van der Waals surface area contributed by atoms with E-state index >= 15 is 0 Å². The first-order chi connectivity index (χ1) is 18.9. The molecule has 2 aromatic carbocycles. The van der Waals surface area contributed by atoms with Crippen LogP contribution in [0.2, 0.25) is 5.02 Å². The normalized spacial score (nSPS) is 22.4. The summed E-state index contributed by atoms with van der Waals surface area (Å²) in [6, 6.07) is 9.72. The molecule has 0 N–H and O–H groups in total. The van der Waals surface area contributed by atoms with Gasteiger partial charge in [0.25, 0.3) is 0 Å². The van der Waals surface area contributed by atoms with Crippen molar-refractivity contribution < 1.29 is 52.0 Å². The fourth-order valence-electron chi connectivity index (χ4n) is 4.38. The van der Waals surface area contributed by atoms with Crippen LogP contribution in [0.3, 0.4) is 0 Å². The molecule has 1 aliphatic heterocycles. The zero-order chi connectivity index (χ0) is 29.1. The number of hydrogen-bond acceptors (Lipinski definition) is 12. The molecule has 0 unspecified atom stereocenters. The number of rotatable bonds is 7. The second-order valence-electron chi connectivity index (χ2n) is 8.90. The minimum atomic E-state index is -1.51. The number of ether oxygens (including phenoxy) is 6. The van der Waals surface area contributed by atoms with Crippen molar-refractivity contribution in [2.24, 2.45) is 0 Å². The van der Waals surface area contributed by atoms with Gasteiger partial charge in [0, 0.05) is 39.1 Å². The van der Waals surface area contributed by atoms with Crippen LogP contribution in [-0.2, 0) is 42.9 Å². The topological polar surface area (TPSA) is 154 Å². The van der Waals surface area contributed by atoms with Crippen molar-refractivity contribution in [3.8, 4) is 5.75 Å². The first-order valence-corrected chi connectivity index (χ1v) is 12.4. The van der Waals surface area contributed by atoms with E-state index in [1.54, 1.807) is 24.3 Å². The fourth-order valence-corrected chi connectivity index (χ4v) is 4.59. The van der Waals surface area contributed by atoms with Gasteiger partial charge in [-0.3, -0.25) is 19.2 Å². The van der Waals surface area contributed by atoms with Crippen molar-refractivity contribution >= 4 is 57.2 Å². The summed E-state index contributed by atoms with van der Waals surface area (Å²) in [5.74, 6) is -3.04. The number of carbonyl (C=O) groups excluding carboxylic acids is 4. The molecule has 2 heterocycles. The average Bonchev–Trinajstić information content (AvgIpc) is 2.87. The number of hydrogen-bond donors (Lipinski definition) is 0. The predicted octanol–water partition coefficient (Wildman–Crippen LogP) is 3.06.